The fraction of sp³-hybridized carbons (Fsp3) is 0.0870. The minimum atomic E-state index is -0.0155. The lowest BCUT2D eigenvalue weighted by Crippen LogP contribution is -2.24. The van der Waals surface area contributed by atoms with Crippen molar-refractivity contribution in [3.8, 4) is 0 Å². The summed E-state index contributed by atoms with van der Waals surface area (Å²) in [5.41, 5.74) is 3.57. The monoisotopic (exact) mass is 485 g/mol. The predicted molar refractivity (Wildman–Crippen MR) is 132 cm³/mol. The standard InChI is InChI=1S/C23H17Cl2N3OS2/c24-17-7-6-16(19(25)10-17)13-26-18-8-9-20-21(11-18)31-23(28-20)30-14-22(29)27-12-15-4-2-1-3-5-15/h1-11,13H,12,14H2,(H,27,29). The van der Waals surface area contributed by atoms with Gasteiger partial charge in [-0.15, -0.1) is 11.3 Å². The summed E-state index contributed by atoms with van der Waals surface area (Å²) in [6, 6.07) is 21.0. The molecule has 0 unspecified atom stereocenters. The van der Waals surface area contributed by atoms with Gasteiger partial charge < -0.3 is 5.32 Å². The number of carbonyl (C=O) groups excluding carboxylic acids is 1. The van der Waals surface area contributed by atoms with Gasteiger partial charge in [-0.05, 0) is 35.9 Å². The summed E-state index contributed by atoms with van der Waals surface area (Å²) in [6.07, 6.45) is 1.72. The van der Waals surface area contributed by atoms with Crippen LogP contribution in [0.2, 0.25) is 10.0 Å². The highest BCUT2D eigenvalue weighted by atomic mass is 35.5. The van der Waals surface area contributed by atoms with Crippen LogP contribution in [0.5, 0.6) is 0 Å². The molecule has 4 nitrogen and oxygen atoms in total. The van der Waals surface area contributed by atoms with E-state index in [9.17, 15) is 4.79 Å². The van der Waals surface area contributed by atoms with Crippen molar-refractivity contribution < 1.29 is 4.79 Å². The smallest absolute Gasteiger partial charge is 0.230 e. The minimum Gasteiger partial charge on any atom is -0.351 e. The number of thioether (sulfide) groups is 1. The number of amides is 1. The summed E-state index contributed by atoms with van der Waals surface area (Å²) in [5, 5.41) is 4.08. The first-order valence-electron chi connectivity index (χ1n) is 9.40. The van der Waals surface area contributed by atoms with Crippen molar-refractivity contribution in [2.75, 3.05) is 5.75 Å². The maximum atomic E-state index is 12.1. The van der Waals surface area contributed by atoms with Crippen LogP contribution in [0.15, 0.2) is 76.1 Å². The zero-order chi connectivity index (χ0) is 21.6. The molecule has 8 heteroatoms. The topological polar surface area (TPSA) is 54.4 Å². The Morgan fingerprint density at radius 1 is 1.10 bits per heavy atom. The van der Waals surface area contributed by atoms with Crippen LogP contribution in [0.3, 0.4) is 0 Å². The number of hydrogen-bond donors (Lipinski definition) is 1. The van der Waals surface area contributed by atoms with Gasteiger partial charge in [-0.2, -0.15) is 0 Å². The first kappa shape index (κ1) is 21.8. The third-order valence-corrected chi connectivity index (χ3v) is 7.05. The van der Waals surface area contributed by atoms with Crippen LogP contribution < -0.4 is 5.32 Å². The summed E-state index contributed by atoms with van der Waals surface area (Å²) < 4.78 is 1.87. The Labute approximate surface area is 198 Å². The largest absolute Gasteiger partial charge is 0.351 e. The number of hydrogen-bond acceptors (Lipinski definition) is 5. The molecule has 4 aromatic rings. The van der Waals surface area contributed by atoms with Gasteiger partial charge in [0.05, 0.1) is 26.7 Å². The average Bonchev–Trinajstić information content (AvgIpc) is 3.18. The van der Waals surface area contributed by atoms with E-state index in [1.165, 1.54) is 11.8 Å². The SMILES string of the molecule is O=C(CSc1nc2ccc(N=Cc3ccc(Cl)cc3Cl)cc2s1)NCc1ccccc1. The van der Waals surface area contributed by atoms with E-state index in [-0.39, 0.29) is 5.91 Å². The highest BCUT2D eigenvalue weighted by molar-refractivity contribution is 8.01. The van der Waals surface area contributed by atoms with E-state index in [1.807, 2.05) is 54.6 Å². The molecule has 0 aliphatic carbocycles. The van der Waals surface area contributed by atoms with Crippen molar-refractivity contribution in [2.45, 2.75) is 10.9 Å². The number of nitrogens with one attached hydrogen (secondary N) is 1. The molecule has 156 valence electrons. The van der Waals surface area contributed by atoms with Crippen molar-refractivity contribution in [1.29, 1.82) is 0 Å². The third-order valence-electron chi connectivity index (χ3n) is 4.33. The van der Waals surface area contributed by atoms with Crippen molar-refractivity contribution >= 4 is 74.3 Å². The molecule has 4 rings (SSSR count). The van der Waals surface area contributed by atoms with Crippen LogP contribution >= 0.6 is 46.3 Å². The van der Waals surface area contributed by atoms with Crippen LogP contribution in [0.1, 0.15) is 11.1 Å². The van der Waals surface area contributed by atoms with Crippen molar-refractivity contribution in [1.82, 2.24) is 10.3 Å². The third kappa shape index (κ3) is 6.08. The quantitative estimate of drug-likeness (QED) is 0.232. The molecule has 3 aromatic carbocycles. The zero-order valence-electron chi connectivity index (χ0n) is 16.2. The van der Waals surface area contributed by atoms with Crippen molar-refractivity contribution in [3.63, 3.8) is 0 Å². The first-order chi connectivity index (χ1) is 15.1. The van der Waals surface area contributed by atoms with Gasteiger partial charge in [0.25, 0.3) is 0 Å². The number of benzene rings is 3. The lowest BCUT2D eigenvalue weighted by molar-refractivity contribution is -0.118. The van der Waals surface area contributed by atoms with Crippen LogP contribution in [0.25, 0.3) is 10.2 Å². The van der Waals surface area contributed by atoms with Crippen LogP contribution in [0.4, 0.5) is 5.69 Å². The van der Waals surface area contributed by atoms with Gasteiger partial charge in [-0.25, -0.2) is 4.98 Å². The van der Waals surface area contributed by atoms with Gasteiger partial charge in [-0.3, -0.25) is 9.79 Å². The Kier molecular flexibility index (Phi) is 7.25. The fourth-order valence-corrected chi connectivity index (χ4v) is 5.15. The Morgan fingerprint density at radius 3 is 2.74 bits per heavy atom. The van der Waals surface area contributed by atoms with Gasteiger partial charge in [0.1, 0.15) is 0 Å². The van der Waals surface area contributed by atoms with E-state index in [0.29, 0.717) is 22.3 Å². The van der Waals surface area contributed by atoms with E-state index in [4.69, 9.17) is 23.2 Å². The van der Waals surface area contributed by atoms with E-state index in [2.05, 4.69) is 15.3 Å². The summed E-state index contributed by atoms with van der Waals surface area (Å²) in [6.45, 7) is 0.527. The second-order valence-corrected chi connectivity index (χ2v) is 9.70. The Bertz CT molecular complexity index is 1240. The number of aliphatic imine (C=N–C) groups is 1. The van der Waals surface area contributed by atoms with E-state index < -0.39 is 0 Å². The Balaban J connectivity index is 1.37. The normalized spacial score (nSPS) is 11.3. The fourth-order valence-electron chi connectivity index (χ4n) is 2.76. The molecule has 31 heavy (non-hydrogen) atoms. The molecule has 1 aromatic heterocycles. The van der Waals surface area contributed by atoms with Crippen LogP contribution in [-0.4, -0.2) is 22.9 Å². The van der Waals surface area contributed by atoms with Gasteiger partial charge in [0.15, 0.2) is 4.34 Å². The number of carbonyl (C=O) groups is 1. The van der Waals surface area contributed by atoms with E-state index >= 15 is 0 Å². The molecular formula is C23H17Cl2N3OS2. The number of fused-ring (bicyclic) bond motifs is 1. The van der Waals surface area contributed by atoms with Gasteiger partial charge >= 0.3 is 0 Å². The summed E-state index contributed by atoms with van der Waals surface area (Å²) >= 11 is 15.1. The van der Waals surface area contributed by atoms with Crippen molar-refractivity contribution in [3.05, 3.63) is 87.9 Å². The van der Waals surface area contributed by atoms with Gasteiger partial charge in [-0.1, -0.05) is 71.4 Å². The minimum absolute atomic E-state index is 0.0155. The van der Waals surface area contributed by atoms with Crippen LogP contribution in [-0.2, 0) is 11.3 Å². The molecule has 1 amide bonds. The van der Waals surface area contributed by atoms with Gasteiger partial charge in [0, 0.05) is 23.3 Å². The second-order valence-electron chi connectivity index (χ2n) is 6.61. The Morgan fingerprint density at radius 2 is 1.94 bits per heavy atom. The van der Waals surface area contributed by atoms with Gasteiger partial charge in [0.2, 0.25) is 5.91 Å². The molecule has 0 spiro atoms. The second kappa shape index (κ2) is 10.3. The molecule has 0 atom stereocenters. The molecule has 0 aliphatic heterocycles. The molecular weight excluding hydrogens is 469 g/mol. The summed E-state index contributed by atoms with van der Waals surface area (Å²) in [5.74, 6) is 0.311. The summed E-state index contributed by atoms with van der Waals surface area (Å²) in [4.78, 5) is 21.2. The number of aromatic nitrogens is 1. The summed E-state index contributed by atoms with van der Waals surface area (Å²) in [7, 11) is 0. The number of nitrogens with zero attached hydrogens (tertiary/aromatic N) is 2. The first-order valence-corrected chi connectivity index (χ1v) is 12.0. The molecule has 0 saturated heterocycles. The number of rotatable bonds is 7. The number of thiazole rings is 1. The maximum Gasteiger partial charge on any atom is 0.230 e. The van der Waals surface area contributed by atoms with E-state index in [0.717, 1.165) is 31.4 Å². The van der Waals surface area contributed by atoms with Crippen LogP contribution in [0, 0.1) is 0 Å². The molecule has 0 bridgehead atoms. The molecule has 0 aliphatic rings. The van der Waals surface area contributed by atoms with Crippen molar-refractivity contribution in [2.24, 2.45) is 4.99 Å². The Hall–Kier alpha value is -2.38. The maximum absolute atomic E-state index is 12.1. The predicted octanol–water partition coefficient (Wildman–Crippen LogP) is 6.76. The molecule has 1 N–H and O–H groups in total. The van der Waals surface area contributed by atoms with E-state index in [1.54, 1.807) is 29.7 Å². The molecule has 1 heterocycles. The lowest BCUT2D eigenvalue weighted by Gasteiger charge is -2.03. The molecule has 0 saturated carbocycles. The lowest BCUT2D eigenvalue weighted by atomic mass is 10.2. The molecule has 0 radical (unpaired) electrons. The number of halogens is 2. The average molecular weight is 486 g/mol. The highest BCUT2D eigenvalue weighted by Gasteiger charge is 2.08. The molecule has 0 fully saturated rings. The zero-order valence-corrected chi connectivity index (χ0v) is 19.4. The highest BCUT2D eigenvalue weighted by Crippen LogP contribution is 2.32.